The monoisotopic (exact) mass is 238 g/mol. The number of hydrogen-bond donors (Lipinski definition) is 0. The van der Waals surface area contributed by atoms with Gasteiger partial charge < -0.3 is 4.74 Å². The van der Waals surface area contributed by atoms with Crippen LogP contribution in [0.1, 0.15) is 77.0 Å². The minimum Gasteiger partial charge on any atom is -0.381 e. The zero-order valence-electron chi connectivity index (χ0n) is 11.5. The molecule has 2 fully saturated rings. The maximum absolute atomic E-state index is 5.84. The highest BCUT2D eigenvalue weighted by Crippen LogP contribution is 2.27. The lowest BCUT2D eigenvalue weighted by atomic mass is 9.87. The van der Waals surface area contributed by atoms with Crippen molar-refractivity contribution in [2.45, 2.75) is 77.0 Å². The van der Waals surface area contributed by atoms with Crippen LogP contribution >= 0.6 is 0 Å². The highest BCUT2D eigenvalue weighted by Gasteiger charge is 2.14. The predicted octanol–water partition coefficient (Wildman–Crippen LogP) is 4.94. The Morgan fingerprint density at radius 2 is 1.00 bits per heavy atom. The van der Waals surface area contributed by atoms with E-state index in [0.717, 1.165) is 25.0 Å². The van der Waals surface area contributed by atoms with Gasteiger partial charge in [-0.2, -0.15) is 0 Å². The van der Waals surface area contributed by atoms with Crippen molar-refractivity contribution in [3.05, 3.63) is 0 Å². The molecule has 0 radical (unpaired) electrons. The fourth-order valence-electron chi connectivity index (χ4n) is 3.55. The Kier molecular flexibility index (Phi) is 6.41. The van der Waals surface area contributed by atoms with Crippen LogP contribution in [0.15, 0.2) is 0 Å². The summed E-state index contributed by atoms with van der Waals surface area (Å²) in [5.74, 6) is 1.97. The van der Waals surface area contributed by atoms with Crippen molar-refractivity contribution in [2.24, 2.45) is 11.8 Å². The normalized spacial score (nSPS) is 24.0. The Bertz CT molecular complexity index is 158. The second-order valence-corrected chi connectivity index (χ2v) is 6.20. The van der Waals surface area contributed by atoms with E-state index in [1.165, 1.54) is 77.0 Å². The zero-order chi connectivity index (χ0) is 11.8. The molecule has 0 saturated heterocycles. The molecule has 1 heteroatoms. The summed E-state index contributed by atoms with van der Waals surface area (Å²) in [6.45, 7) is 2.05. The van der Waals surface area contributed by atoms with Gasteiger partial charge in [-0.15, -0.1) is 0 Å². The minimum atomic E-state index is 0.985. The molecular weight excluding hydrogens is 208 g/mol. The molecular formula is C16H30O. The first-order valence-electron chi connectivity index (χ1n) is 8.03. The van der Waals surface area contributed by atoms with E-state index >= 15 is 0 Å². The molecule has 2 saturated carbocycles. The van der Waals surface area contributed by atoms with Gasteiger partial charge in [-0.25, -0.2) is 0 Å². The van der Waals surface area contributed by atoms with Crippen molar-refractivity contribution >= 4 is 0 Å². The molecule has 2 rings (SSSR count). The summed E-state index contributed by atoms with van der Waals surface area (Å²) in [6.07, 6.45) is 17.3. The fourth-order valence-corrected chi connectivity index (χ4v) is 3.55. The van der Waals surface area contributed by atoms with Gasteiger partial charge in [0, 0.05) is 13.2 Å². The molecule has 0 N–H and O–H groups in total. The second-order valence-electron chi connectivity index (χ2n) is 6.20. The highest BCUT2D eigenvalue weighted by molar-refractivity contribution is 4.66. The first kappa shape index (κ1) is 13.4. The van der Waals surface area contributed by atoms with E-state index in [1.807, 2.05) is 0 Å². The lowest BCUT2D eigenvalue weighted by Crippen LogP contribution is -2.12. The van der Waals surface area contributed by atoms with Gasteiger partial charge in [0.1, 0.15) is 0 Å². The van der Waals surface area contributed by atoms with Gasteiger partial charge >= 0.3 is 0 Å². The van der Waals surface area contributed by atoms with Crippen molar-refractivity contribution in [1.82, 2.24) is 0 Å². The molecule has 0 amide bonds. The summed E-state index contributed by atoms with van der Waals surface area (Å²) in [7, 11) is 0. The second kappa shape index (κ2) is 8.13. The molecule has 0 aliphatic heterocycles. The van der Waals surface area contributed by atoms with Crippen molar-refractivity contribution in [2.75, 3.05) is 13.2 Å². The molecule has 2 aliphatic rings. The standard InChI is InChI=1S/C16H30O/c1-3-7-15(8-4-1)11-13-17-14-12-16-9-5-2-6-10-16/h15-16H,1-14H2. The Morgan fingerprint density at radius 1 is 0.588 bits per heavy atom. The van der Waals surface area contributed by atoms with Crippen LogP contribution in [0.5, 0.6) is 0 Å². The molecule has 2 aliphatic carbocycles. The van der Waals surface area contributed by atoms with Crippen LogP contribution in [0.4, 0.5) is 0 Å². The Morgan fingerprint density at radius 3 is 1.41 bits per heavy atom. The van der Waals surface area contributed by atoms with Crippen LogP contribution in [0.3, 0.4) is 0 Å². The van der Waals surface area contributed by atoms with Gasteiger partial charge in [-0.1, -0.05) is 64.2 Å². The van der Waals surface area contributed by atoms with Gasteiger partial charge in [0.2, 0.25) is 0 Å². The van der Waals surface area contributed by atoms with Gasteiger partial charge in [0.05, 0.1) is 0 Å². The first-order chi connectivity index (χ1) is 8.45. The summed E-state index contributed by atoms with van der Waals surface area (Å²) in [6, 6.07) is 0. The van der Waals surface area contributed by atoms with E-state index in [0.29, 0.717) is 0 Å². The zero-order valence-corrected chi connectivity index (χ0v) is 11.5. The van der Waals surface area contributed by atoms with E-state index < -0.39 is 0 Å². The van der Waals surface area contributed by atoms with Gasteiger partial charge in [-0.05, 0) is 24.7 Å². The molecule has 0 aromatic heterocycles. The Labute approximate surface area is 107 Å². The average molecular weight is 238 g/mol. The lowest BCUT2D eigenvalue weighted by Gasteiger charge is -2.23. The maximum atomic E-state index is 5.84. The third-order valence-corrected chi connectivity index (χ3v) is 4.79. The molecule has 0 bridgehead atoms. The molecule has 0 heterocycles. The summed E-state index contributed by atoms with van der Waals surface area (Å²) in [4.78, 5) is 0. The van der Waals surface area contributed by atoms with Gasteiger partial charge in [0.15, 0.2) is 0 Å². The number of hydrogen-bond acceptors (Lipinski definition) is 1. The highest BCUT2D eigenvalue weighted by atomic mass is 16.5. The summed E-state index contributed by atoms with van der Waals surface area (Å²) in [5, 5.41) is 0. The van der Waals surface area contributed by atoms with E-state index in [9.17, 15) is 0 Å². The van der Waals surface area contributed by atoms with Gasteiger partial charge in [0.25, 0.3) is 0 Å². The fraction of sp³-hybridized carbons (Fsp3) is 1.00. The lowest BCUT2D eigenvalue weighted by molar-refractivity contribution is 0.0973. The molecule has 1 nitrogen and oxygen atoms in total. The van der Waals surface area contributed by atoms with Crippen LogP contribution in [-0.4, -0.2) is 13.2 Å². The molecule has 17 heavy (non-hydrogen) atoms. The molecule has 0 unspecified atom stereocenters. The summed E-state index contributed by atoms with van der Waals surface area (Å²) >= 11 is 0. The Balaban J connectivity index is 1.42. The van der Waals surface area contributed by atoms with Crippen molar-refractivity contribution in [1.29, 1.82) is 0 Å². The smallest absolute Gasteiger partial charge is 0.0468 e. The topological polar surface area (TPSA) is 9.23 Å². The minimum absolute atomic E-state index is 0.985. The number of ether oxygens (including phenoxy) is 1. The van der Waals surface area contributed by atoms with E-state index in [2.05, 4.69) is 0 Å². The summed E-state index contributed by atoms with van der Waals surface area (Å²) in [5.41, 5.74) is 0. The van der Waals surface area contributed by atoms with Crippen LogP contribution in [0, 0.1) is 11.8 Å². The third kappa shape index (κ3) is 5.42. The van der Waals surface area contributed by atoms with Crippen LogP contribution < -0.4 is 0 Å². The summed E-state index contributed by atoms with van der Waals surface area (Å²) < 4.78 is 5.84. The van der Waals surface area contributed by atoms with Crippen LogP contribution in [0.2, 0.25) is 0 Å². The van der Waals surface area contributed by atoms with Crippen LogP contribution in [0.25, 0.3) is 0 Å². The first-order valence-corrected chi connectivity index (χ1v) is 8.03. The molecule has 100 valence electrons. The number of rotatable bonds is 6. The molecule has 0 spiro atoms. The van der Waals surface area contributed by atoms with Crippen molar-refractivity contribution in [3.8, 4) is 0 Å². The van der Waals surface area contributed by atoms with E-state index in [1.54, 1.807) is 0 Å². The van der Waals surface area contributed by atoms with E-state index in [-0.39, 0.29) is 0 Å². The van der Waals surface area contributed by atoms with E-state index in [4.69, 9.17) is 4.74 Å². The largest absolute Gasteiger partial charge is 0.381 e. The third-order valence-electron chi connectivity index (χ3n) is 4.79. The molecule has 0 aromatic carbocycles. The quantitative estimate of drug-likeness (QED) is 0.595. The predicted molar refractivity (Wildman–Crippen MR) is 73.2 cm³/mol. The molecule has 0 aromatic rings. The SMILES string of the molecule is C1CCC(CCOCCC2CCCCC2)CC1. The average Bonchev–Trinajstić information content (AvgIpc) is 2.41. The molecule has 0 atom stereocenters. The van der Waals surface area contributed by atoms with Gasteiger partial charge in [-0.3, -0.25) is 0 Å². The Hall–Kier alpha value is -0.0400. The van der Waals surface area contributed by atoms with Crippen LogP contribution in [-0.2, 0) is 4.74 Å². The van der Waals surface area contributed by atoms with Crippen molar-refractivity contribution in [3.63, 3.8) is 0 Å². The maximum Gasteiger partial charge on any atom is 0.0468 e. The van der Waals surface area contributed by atoms with Crippen molar-refractivity contribution < 1.29 is 4.74 Å².